The van der Waals surface area contributed by atoms with Gasteiger partial charge in [0.05, 0.1) is 13.2 Å². The van der Waals surface area contributed by atoms with Gasteiger partial charge in [-0.1, -0.05) is 19.4 Å². The van der Waals surface area contributed by atoms with E-state index in [2.05, 4.69) is 19.1 Å². The molecule has 0 spiro atoms. The fourth-order valence-corrected chi connectivity index (χ4v) is 3.26. The van der Waals surface area contributed by atoms with Gasteiger partial charge >= 0.3 is 0 Å². The summed E-state index contributed by atoms with van der Waals surface area (Å²) in [4.78, 5) is 0. The van der Waals surface area contributed by atoms with Crippen LogP contribution in [0.4, 0.5) is 0 Å². The third-order valence-corrected chi connectivity index (χ3v) is 4.55. The van der Waals surface area contributed by atoms with Gasteiger partial charge in [0.15, 0.2) is 11.5 Å². The molecule has 0 saturated heterocycles. The molecule has 2 atom stereocenters. The lowest BCUT2D eigenvalue weighted by atomic mass is 9.88. The smallest absolute Gasteiger partial charge is 0.161 e. The van der Waals surface area contributed by atoms with Crippen LogP contribution < -0.4 is 15.2 Å². The zero-order valence-electron chi connectivity index (χ0n) is 11.7. The topological polar surface area (TPSA) is 44.5 Å². The van der Waals surface area contributed by atoms with Crippen LogP contribution in [0.5, 0.6) is 11.5 Å². The van der Waals surface area contributed by atoms with Crippen molar-refractivity contribution in [3.8, 4) is 11.5 Å². The summed E-state index contributed by atoms with van der Waals surface area (Å²) in [6.45, 7) is 3.72. The first-order chi connectivity index (χ1) is 9.21. The van der Waals surface area contributed by atoms with Crippen molar-refractivity contribution in [2.75, 3.05) is 13.2 Å². The first-order valence-corrected chi connectivity index (χ1v) is 7.40. The van der Waals surface area contributed by atoms with Gasteiger partial charge in [-0.2, -0.15) is 0 Å². The van der Waals surface area contributed by atoms with E-state index in [0.717, 1.165) is 49.9 Å². The van der Waals surface area contributed by atoms with Gasteiger partial charge in [0, 0.05) is 12.0 Å². The van der Waals surface area contributed by atoms with E-state index in [1.165, 1.54) is 18.4 Å². The van der Waals surface area contributed by atoms with Crippen LogP contribution >= 0.6 is 0 Å². The minimum atomic E-state index is -0.175. The Bertz CT molecular complexity index is 460. The van der Waals surface area contributed by atoms with E-state index in [1.54, 1.807) is 0 Å². The van der Waals surface area contributed by atoms with E-state index >= 15 is 0 Å². The van der Waals surface area contributed by atoms with E-state index in [4.69, 9.17) is 15.2 Å². The Morgan fingerprint density at radius 2 is 2.05 bits per heavy atom. The first-order valence-electron chi connectivity index (χ1n) is 7.40. The molecule has 2 unspecified atom stereocenters. The maximum atomic E-state index is 6.62. The Morgan fingerprint density at radius 1 is 1.26 bits per heavy atom. The van der Waals surface area contributed by atoms with Crippen molar-refractivity contribution in [3.05, 3.63) is 23.8 Å². The summed E-state index contributed by atoms with van der Waals surface area (Å²) in [5.41, 5.74) is 7.65. The van der Waals surface area contributed by atoms with E-state index in [1.807, 2.05) is 6.07 Å². The highest BCUT2D eigenvalue weighted by molar-refractivity contribution is 5.45. The molecule has 2 N–H and O–H groups in total. The average molecular weight is 261 g/mol. The average Bonchev–Trinajstić information content (AvgIpc) is 2.68. The number of fused-ring (bicyclic) bond motifs is 1. The maximum Gasteiger partial charge on any atom is 0.161 e. The largest absolute Gasteiger partial charge is 0.490 e. The van der Waals surface area contributed by atoms with Crippen molar-refractivity contribution in [2.45, 2.75) is 44.6 Å². The first kappa shape index (κ1) is 12.8. The Hall–Kier alpha value is -1.22. The molecule has 1 aliphatic heterocycles. The minimum Gasteiger partial charge on any atom is -0.490 e. The zero-order chi connectivity index (χ0) is 13.3. The van der Waals surface area contributed by atoms with Crippen LogP contribution in [0.15, 0.2) is 18.2 Å². The molecule has 0 amide bonds. The van der Waals surface area contributed by atoms with Crippen molar-refractivity contribution in [3.63, 3.8) is 0 Å². The molecule has 1 aromatic carbocycles. The number of hydrogen-bond acceptors (Lipinski definition) is 3. The number of nitrogens with two attached hydrogens (primary N) is 1. The molecule has 19 heavy (non-hydrogen) atoms. The fraction of sp³-hybridized carbons (Fsp3) is 0.625. The molecule has 0 radical (unpaired) electrons. The molecule has 1 aromatic rings. The van der Waals surface area contributed by atoms with E-state index in [9.17, 15) is 0 Å². The molecule has 2 aliphatic rings. The molecule has 1 fully saturated rings. The van der Waals surface area contributed by atoms with Crippen molar-refractivity contribution >= 4 is 0 Å². The molecule has 1 aliphatic carbocycles. The Labute approximate surface area is 115 Å². The van der Waals surface area contributed by atoms with Crippen molar-refractivity contribution in [2.24, 2.45) is 11.7 Å². The highest BCUT2D eigenvalue weighted by Gasteiger charge is 2.36. The highest BCUT2D eigenvalue weighted by atomic mass is 16.5. The predicted molar refractivity (Wildman–Crippen MR) is 75.5 cm³/mol. The third-order valence-electron chi connectivity index (χ3n) is 4.55. The van der Waals surface area contributed by atoms with E-state index in [0.29, 0.717) is 0 Å². The molecule has 104 valence electrons. The molecular formula is C16H23NO2. The lowest BCUT2D eigenvalue weighted by Crippen LogP contribution is -2.33. The molecule has 1 heterocycles. The van der Waals surface area contributed by atoms with Gasteiger partial charge < -0.3 is 15.2 Å². The van der Waals surface area contributed by atoms with Gasteiger partial charge in [0.2, 0.25) is 0 Å². The predicted octanol–water partition coefficient (Wildman–Crippen LogP) is 3.21. The van der Waals surface area contributed by atoms with E-state index < -0.39 is 0 Å². The van der Waals surface area contributed by atoms with Gasteiger partial charge in [0.25, 0.3) is 0 Å². The van der Waals surface area contributed by atoms with Gasteiger partial charge in [0.1, 0.15) is 0 Å². The van der Waals surface area contributed by atoms with Gasteiger partial charge in [-0.15, -0.1) is 0 Å². The molecule has 3 rings (SSSR count). The van der Waals surface area contributed by atoms with Crippen LogP contribution in [-0.2, 0) is 5.54 Å². The van der Waals surface area contributed by atoms with Crippen LogP contribution in [0.25, 0.3) is 0 Å². The summed E-state index contributed by atoms with van der Waals surface area (Å²) in [5, 5.41) is 0. The molecule has 3 nitrogen and oxygen atoms in total. The normalized spacial score (nSPS) is 30.1. The van der Waals surface area contributed by atoms with Crippen LogP contribution in [0.1, 0.15) is 44.6 Å². The monoisotopic (exact) mass is 261 g/mol. The highest BCUT2D eigenvalue weighted by Crippen LogP contribution is 2.43. The zero-order valence-corrected chi connectivity index (χ0v) is 11.7. The van der Waals surface area contributed by atoms with Crippen molar-refractivity contribution in [1.29, 1.82) is 0 Å². The molecule has 0 aromatic heterocycles. The summed E-state index contributed by atoms with van der Waals surface area (Å²) in [7, 11) is 0. The Balaban J connectivity index is 1.87. The lowest BCUT2D eigenvalue weighted by molar-refractivity contribution is 0.296. The fourth-order valence-electron chi connectivity index (χ4n) is 3.26. The summed E-state index contributed by atoms with van der Waals surface area (Å²) >= 11 is 0. The molecule has 0 bridgehead atoms. The Kier molecular flexibility index (Phi) is 3.40. The number of hydrogen-bond donors (Lipinski definition) is 1. The molecule has 3 heteroatoms. The minimum absolute atomic E-state index is 0.175. The van der Waals surface area contributed by atoms with Crippen LogP contribution in [0, 0.1) is 5.92 Å². The van der Waals surface area contributed by atoms with Gasteiger partial charge in [-0.05, 0) is 42.9 Å². The summed E-state index contributed by atoms with van der Waals surface area (Å²) < 4.78 is 11.4. The van der Waals surface area contributed by atoms with E-state index in [-0.39, 0.29) is 5.54 Å². The lowest BCUT2D eigenvalue weighted by Gasteiger charge is -2.25. The van der Waals surface area contributed by atoms with Crippen molar-refractivity contribution in [1.82, 2.24) is 0 Å². The second-order valence-electron chi connectivity index (χ2n) is 5.89. The Morgan fingerprint density at radius 3 is 2.79 bits per heavy atom. The van der Waals surface area contributed by atoms with Crippen molar-refractivity contribution < 1.29 is 9.47 Å². The second kappa shape index (κ2) is 5.04. The SMILES string of the molecule is CCC1CCC(N)(c2ccc3c(c2)OCCCO3)C1. The van der Waals surface area contributed by atoms with Crippen LogP contribution in [-0.4, -0.2) is 13.2 Å². The summed E-state index contributed by atoms with van der Waals surface area (Å²) in [6, 6.07) is 6.23. The third kappa shape index (κ3) is 2.44. The standard InChI is InChI=1S/C16H23NO2/c1-2-12-6-7-16(17,11-12)13-4-5-14-15(10-13)19-9-3-8-18-14/h4-5,10,12H,2-3,6-9,11,17H2,1H3. The second-order valence-corrected chi connectivity index (χ2v) is 5.89. The molecule has 1 saturated carbocycles. The summed E-state index contributed by atoms with van der Waals surface area (Å²) in [6.07, 6.45) is 5.56. The quantitative estimate of drug-likeness (QED) is 0.889. The number of rotatable bonds is 2. The number of ether oxygens (including phenoxy) is 2. The maximum absolute atomic E-state index is 6.62. The van der Waals surface area contributed by atoms with Gasteiger partial charge in [-0.25, -0.2) is 0 Å². The number of benzene rings is 1. The van der Waals surface area contributed by atoms with Gasteiger partial charge in [-0.3, -0.25) is 0 Å². The van der Waals surface area contributed by atoms with Crippen LogP contribution in [0.3, 0.4) is 0 Å². The van der Waals surface area contributed by atoms with Crippen LogP contribution in [0.2, 0.25) is 0 Å². The summed E-state index contributed by atoms with van der Waals surface area (Å²) in [5.74, 6) is 2.48. The molecular weight excluding hydrogens is 238 g/mol.